The van der Waals surface area contributed by atoms with Gasteiger partial charge in [0.05, 0.1) is 4.90 Å². The van der Waals surface area contributed by atoms with Crippen molar-refractivity contribution < 1.29 is 17.2 Å². The average molecular weight is 354 g/mol. The molecule has 1 aromatic carbocycles. The second-order valence-electron chi connectivity index (χ2n) is 5.32. The van der Waals surface area contributed by atoms with E-state index in [-0.39, 0.29) is 4.90 Å². The summed E-state index contributed by atoms with van der Waals surface area (Å²) in [6.07, 6.45) is 3.38. The Labute approximate surface area is 138 Å². The Bertz CT molecular complexity index is 777. The van der Waals surface area contributed by atoms with Crippen LogP contribution in [0.3, 0.4) is 0 Å². The van der Waals surface area contributed by atoms with Gasteiger partial charge in [-0.2, -0.15) is 8.78 Å². The van der Waals surface area contributed by atoms with E-state index in [2.05, 4.69) is 19.8 Å². The van der Waals surface area contributed by atoms with Gasteiger partial charge in [-0.15, -0.1) is 0 Å². The molecule has 3 rings (SSSR count). The summed E-state index contributed by atoms with van der Waals surface area (Å²) in [4.78, 5) is 12.2. The number of sulfone groups is 1. The zero-order valence-corrected chi connectivity index (χ0v) is 13.5. The van der Waals surface area contributed by atoms with Crippen LogP contribution in [0.5, 0.6) is 0 Å². The highest BCUT2D eigenvalue weighted by molar-refractivity contribution is 7.91. The number of hydrogen-bond donors (Lipinski definition) is 0. The van der Waals surface area contributed by atoms with Crippen LogP contribution in [0.4, 0.5) is 20.4 Å². The standard InChI is InChI=1S/C15H16F2N4O2S/c16-14(17)24(22,23)13-4-2-12(3-5-13)20-8-10-21(11-9-20)15-18-6-1-7-19-15/h1-7,14H,8-11H2. The molecule has 0 radical (unpaired) electrons. The van der Waals surface area contributed by atoms with Gasteiger partial charge in [-0.3, -0.25) is 0 Å². The van der Waals surface area contributed by atoms with E-state index in [4.69, 9.17) is 0 Å². The van der Waals surface area contributed by atoms with Gasteiger partial charge in [0.15, 0.2) is 0 Å². The Balaban J connectivity index is 1.67. The second-order valence-corrected chi connectivity index (χ2v) is 7.24. The minimum absolute atomic E-state index is 0.363. The molecule has 9 heteroatoms. The molecule has 6 nitrogen and oxygen atoms in total. The van der Waals surface area contributed by atoms with Crippen LogP contribution in [0, 0.1) is 0 Å². The van der Waals surface area contributed by atoms with Crippen LogP contribution in [0.2, 0.25) is 0 Å². The van der Waals surface area contributed by atoms with Crippen molar-refractivity contribution in [2.24, 2.45) is 0 Å². The topological polar surface area (TPSA) is 66.4 Å². The van der Waals surface area contributed by atoms with E-state index >= 15 is 0 Å². The van der Waals surface area contributed by atoms with Crippen molar-refractivity contribution in [3.8, 4) is 0 Å². The number of aromatic nitrogens is 2. The molecule has 0 spiro atoms. The lowest BCUT2D eigenvalue weighted by atomic mass is 10.2. The maximum absolute atomic E-state index is 12.5. The Hall–Kier alpha value is -2.29. The lowest BCUT2D eigenvalue weighted by Crippen LogP contribution is -2.47. The van der Waals surface area contributed by atoms with Gasteiger partial charge in [-0.25, -0.2) is 18.4 Å². The third-order valence-corrected chi connectivity index (χ3v) is 5.28. The summed E-state index contributed by atoms with van der Waals surface area (Å²) in [5, 5.41) is 0. The zero-order valence-electron chi connectivity index (χ0n) is 12.7. The highest BCUT2D eigenvalue weighted by Gasteiger charge is 2.26. The van der Waals surface area contributed by atoms with Crippen LogP contribution in [-0.4, -0.2) is 50.3 Å². The summed E-state index contributed by atoms with van der Waals surface area (Å²) in [6.45, 7) is 2.86. The van der Waals surface area contributed by atoms with Crippen molar-refractivity contribution in [1.82, 2.24) is 9.97 Å². The third kappa shape index (κ3) is 3.30. The molecular weight excluding hydrogens is 338 g/mol. The molecule has 24 heavy (non-hydrogen) atoms. The van der Waals surface area contributed by atoms with Crippen LogP contribution in [0.1, 0.15) is 0 Å². The fraction of sp³-hybridized carbons (Fsp3) is 0.333. The summed E-state index contributed by atoms with van der Waals surface area (Å²) in [5.41, 5.74) is 0.803. The van der Waals surface area contributed by atoms with Gasteiger partial charge in [0.2, 0.25) is 15.8 Å². The zero-order chi connectivity index (χ0) is 17.2. The maximum Gasteiger partial charge on any atom is 0.341 e. The quantitative estimate of drug-likeness (QED) is 0.834. The molecule has 1 aliphatic heterocycles. The normalized spacial score (nSPS) is 15.8. The molecule has 0 bridgehead atoms. The number of piperazine rings is 1. The SMILES string of the molecule is O=S(=O)(c1ccc(N2CCN(c3ncccn3)CC2)cc1)C(F)F. The number of anilines is 2. The number of nitrogens with zero attached hydrogens (tertiary/aromatic N) is 4. The van der Waals surface area contributed by atoms with Crippen molar-refractivity contribution in [2.45, 2.75) is 10.7 Å². The van der Waals surface area contributed by atoms with Crippen molar-refractivity contribution in [2.75, 3.05) is 36.0 Å². The van der Waals surface area contributed by atoms with Gasteiger partial charge in [-0.05, 0) is 30.3 Å². The van der Waals surface area contributed by atoms with Crippen LogP contribution in [0.15, 0.2) is 47.6 Å². The first kappa shape index (κ1) is 16.6. The summed E-state index contributed by atoms with van der Waals surface area (Å²) >= 11 is 0. The molecule has 0 saturated carbocycles. The molecule has 0 unspecified atom stereocenters. The number of halogens is 2. The summed E-state index contributed by atoms with van der Waals surface area (Å²) in [7, 11) is -4.55. The van der Waals surface area contributed by atoms with Crippen LogP contribution in [-0.2, 0) is 9.84 Å². The van der Waals surface area contributed by atoms with Gasteiger partial charge in [0, 0.05) is 44.3 Å². The number of benzene rings is 1. The first-order chi connectivity index (χ1) is 11.5. The number of hydrogen-bond acceptors (Lipinski definition) is 6. The van der Waals surface area contributed by atoms with Gasteiger partial charge < -0.3 is 9.80 Å². The smallest absolute Gasteiger partial charge is 0.341 e. The van der Waals surface area contributed by atoms with Crippen LogP contribution >= 0.6 is 0 Å². The van der Waals surface area contributed by atoms with Crippen molar-refractivity contribution in [3.05, 3.63) is 42.7 Å². The van der Waals surface area contributed by atoms with Crippen molar-refractivity contribution in [1.29, 1.82) is 0 Å². The molecule has 2 aromatic rings. The molecule has 0 atom stereocenters. The Kier molecular flexibility index (Phi) is 4.61. The molecule has 1 fully saturated rings. The minimum Gasteiger partial charge on any atom is -0.368 e. The molecule has 128 valence electrons. The summed E-state index contributed by atoms with van der Waals surface area (Å²) in [6, 6.07) is 7.33. The van der Waals surface area contributed by atoms with Crippen LogP contribution in [0.25, 0.3) is 0 Å². The second kappa shape index (κ2) is 6.68. The van der Waals surface area contributed by atoms with E-state index in [1.807, 2.05) is 0 Å². The molecular formula is C15H16F2N4O2S. The summed E-state index contributed by atoms with van der Waals surface area (Å²) < 4.78 is 48.0. The Morgan fingerprint density at radius 3 is 2.00 bits per heavy atom. The van der Waals surface area contributed by atoms with Crippen molar-refractivity contribution >= 4 is 21.5 Å². The largest absolute Gasteiger partial charge is 0.368 e. The van der Waals surface area contributed by atoms with Gasteiger partial charge in [0.1, 0.15) is 0 Å². The van der Waals surface area contributed by atoms with E-state index in [0.717, 1.165) is 18.8 Å². The molecule has 1 aliphatic rings. The lowest BCUT2D eigenvalue weighted by molar-refractivity contribution is 0.234. The highest BCUT2D eigenvalue weighted by atomic mass is 32.2. The van der Waals surface area contributed by atoms with Gasteiger partial charge in [-0.1, -0.05) is 0 Å². The lowest BCUT2D eigenvalue weighted by Gasteiger charge is -2.36. The van der Waals surface area contributed by atoms with Crippen molar-refractivity contribution in [3.63, 3.8) is 0 Å². The van der Waals surface area contributed by atoms with E-state index in [1.165, 1.54) is 12.1 Å². The average Bonchev–Trinajstić information content (AvgIpc) is 2.62. The molecule has 1 aromatic heterocycles. The van der Waals surface area contributed by atoms with E-state index in [9.17, 15) is 17.2 Å². The first-order valence-corrected chi connectivity index (χ1v) is 8.92. The predicted octanol–water partition coefficient (Wildman–Crippen LogP) is 1.80. The van der Waals surface area contributed by atoms with E-state index in [0.29, 0.717) is 19.0 Å². The molecule has 0 N–H and O–H groups in total. The van der Waals surface area contributed by atoms with E-state index < -0.39 is 15.6 Å². The third-order valence-electron chi connectivity index (χ3n) is 3.88. The fourth-order valence-corrected chi connectivity index (χ4v) is 3.29. The van der Waals surface area contributed by atoms with Crippen LogP contribution < -0.4 is 9.80 Å². The monoisotopic (exact) mass is 354 g/mol. The number of alkyl halides is 2. The molecule has 1 saturated heterocycles. The van der Waals surface area contributed by atoms with Gasteiger partial charge >= 0.3 is 5.76 Å². The number of rotatable bonds is 4. The van der Waals surface area contributed by atoms with Gasteiger partial charge in [0.25, 0.3) is 0 Å². The first-order valence-electron chi connectivity index (χ1n) is 7.37. The van der Waals surface area contributed by atoms with E-state index in [1.54, 1.807) is 30.6 Å². The summed E-state index contributed by atoms with van der Waals surface area (Å²) in [5.74, 6) is -2.73. The Morgan fingerprint density at radius 1 is 0.917 bits per heavy atom. The fourth-order valence-electron chi connectivity index (χ4n) is 2.57. The molecule has 0 aliphatic carbocycles. The Morgan fingerprint density at radius 2 is 1.46 bits per heavy atom. The predicted molar refractivity (Wildman–Crippen MR) is 86.1 cm³/mol. The molecule has 0 amide bonds. The highest BCUT2D eigenvalue weighted by Crippen LogP contribution is 2.23. The minimum atomic E-state index is -4.55. The maximum atomic E-state index is 12.5. The molecule has 2 heterocycles.